The molecule has 4 atom stereocenters. The van der Waals surface area contributed by atoms with Crippen LogP contribution in [0, 0.1) is 0 Å². The minimum atomic E-state index is -1.24. The first kappa shape index (κ1) is 15.0. The zero-order chi connectivity index (χ0) is 16.8. The molecule has 126 valence electrons. The molecule has 0 saturated carbocycles. The number of hydrogen-bond acceptors (Lipinski definition) is 9. The molecule has 1 fully saturated rings. The molecule has 3 aromatic heterocycles. The van der Waals surface area contributed by atoms with Gasteiger partial charge in [-0.25, -0.2) is 15.0 Å². The maximum absolute atomic E-state index is 10.3. The number of nitrogens with zero attached hydrogens (tertiary/aromatic N) is 5. The van der Waals surface area contributed by atoms with Crippen molar-refractivity contribution in [3.8, 4) is 11.4 Å². The third kappa shape index (κ3) is 2.06. The Labute approximate surface area is 134 Å². The lowest BCUT2D eigenvalue weighted by molar-refractivity contribution is -0.0508. The van der Waals surface area contributed by atoms with Crippen molar-refractivity contribution in [2.75, 3.05) is 12.3 Å². The molecular weight excluding hydrogens is 318 g/mol. The lowest BCUT2D eigenvalue weighted by Gasteiger charge is -2.17. The van der Waals surface area contributed by atoms with E-state index in [0.717, 1.165) is 0 Å². The second kappa shape index (κ2) is 5.49. The van der Waals surface area contributed by atoms with Gasteiger partial charge in [0.2, 0.25) is 0 Å². The number of rotatable bonds is 3. The zero-order valence-corrected chi connectivity index (χ0v) is 12.3. The lowest BCUT2D eigenvalue weighted by atomic mass is 10.1. The molecule has 6 N–H and O–H groups in total. The fourth-order valence-electron chi connectivity index (χ4n) is 2.93. The first-order valence-corrected chi connectivity index (χ1v) is 7.21. The number of hydrogen-bond donors (Lipinski definition) is 5. The van der Waals surface area contributed by atoms with Crippen LogP contribution in [0.1, 0.15) is 6.23 Å². The number of nitrogen functional groups attached to an aromatic ring is 1. The Bertz CT molecular complexity index is 865. The highest BCUT2D eigenvalue weighted by atomic mass is 16.6. The minimum absolute atomic E-state index is 0.233. The van der Waals surface area contributed by atoms with Crippen molar-refractivity contribution in [1.82, 2.24) is 29.7 Å². The maximum atomic E-state index is 10.3. The molecule has 1 saturated heterocycles. The van der Waals surface area contributed by atoms with Crippen molar-refractivity contribution >= 4 is 16.9 Å². The highest BCUT2D eigenvalue weighted by Gasteiger charge is 2.44. The summed E-state index contributed by atoms with van der Waals surface area (Å²) in [5.41, 5.74) is 6.96. The molecule has 4 rings (SSSR count). The molecule has 0 radical (unpaired) electrons. The Balaban J connectivity index is 1.90. The van der Waals surface area contributed by atoms with Crippen LogP contribution in [0.4, 0.5) is 5.82 Å². The Morgan fingerprint density at radius 2 is 2.04 bits per heavy atom. The van der Waals surface area contributed by atoms with Gasteiger partial charge in [-0.3, -0.25) is 5.10 Å². The Hall–Kier alpha value is -2.60. The van der Waals surface area contributed by atoms with Gasteiger partial charge in [0, 0.05) is 11.8 Å². The number of anilines is 1. The molecule has 11 nitrogen and oxygen atoms in total. The third-order valence-corrected chi connectivity index (χ3v) is 4.10. The van der Waals surface area contributed by atoms with E-state index in [-0.39, 0.29) is 5.82 Å². The normalized spacial score (nSPS) is 27.1. The number of ether oxygens (including phenoxy) is 1. The van der Waals surface area contributed by atoms with Gasteiger partial charge in [0.15, 0.2) is 12.1 Å². The fraction of sp³-hybridized carbons (Fsp3) is 0.385. The summed E-state index contributed by atoms with van der Waals surface area (Å²) in [6.45, 7) is -0.417. The van der Waals surface area contributed by atoms with E-state index in [1.807, 2.05) is 0 Å². The molecule has 3 aromatic rings. The first-order valence-electron chi connectivity index (χ1n) is 7.21. The van der Waals surface area contributed by atoms with Crippen molar-refractivity contribution in [3.63, 3.8) is 0 Å². The SMILES string of the molecule is Nc1ncnc2c1c(-c1ncn[nH]1)cn2[C@@H]1O[C@H](CO)[C@@H](O)[C@H]1O. The van der Waals surface area contributed by atoms with Gasteiger partial charge >= 0.3 is 0 Å². The Morgan fingerprint density at radius 1 is 1.21 bits per heavy atom. The highest BCUT2D eigenvalue weighted by molar-refractivity contribution is 5.99. The molecule has 0 unspecified atom stereocenters. The van der Waals surface area contributed by atoms with Crippen molar-refractivity contribution < 1.29 is 20.1 Å². The molecule has 24 heavy (non-hydrogen) atoms. The van der Waals surface area contributed by atoms with E-state index in [2.05, 4.69) is 25.1 Å². The molecule has 4 heterocycles. The standard InChI is InChI=1S/C13H15N7O4/c14-10-7-5(11-16-4-18-19-11)1-20(12(7)17-3-15-10)13-9(23)8(22)6(2-21)24-13/h1,3-4,6,8-9,13,21-23H,2H2,(H2,14,15,17)(H,16,18,19)/t6-,8-,9-,13-/m1/s1. The fourth-order valence-corrected chi connectivity index (χ4v) is 2.93. The summed E-state index contributed by atoms with van der Waals surface area (Å²) in [7, 11) is 0. The van der Waals surface area contributed by atoms with E-state index < -0.39 is 31.1 Å². The van der Waals surface area contributed by atoms with Gasteiger partial charge in [-0.2, -0.15) is 5.10 Å². The van der Waals surface area contributed by atoms with Crippen molar-refractivity contribution in [2.45, 2.75) is 24.5 Å². The van der Waals surface area contributed by atoms with E-state index in [9.17, 15) is 15.3 Å². The number of nitrogens with two attached hydrogens (primary N) is 1. The number of aliphatic hydroxyl groups is 3. The van der Waals surface area contributed by atoms with Crippen molar-refractivity contribution in [2.24, 2.45) is 0 Å². The van der Waals surface area contributed by atoms with Crippen LogP contribution >= 0.6 is 0 Å². The summed E-state index contributed by atoms with van der Waals surface area (Å²) in [5, 5.41) is 36.6. The van der Waals surface area contributed by atoms with E-state index >= 15 is 0 Å². The lowest BCUT2D eigenvalue weighted by Crippen LogP contribution is -2.33. The summed E-state index contributed by atoms with van der Waals surface area (Å²) in [6.07, 6.45) is -0.0101. The smallest absolute Gasteiger partial charge is 0.164 e. The van der Waals surface area contributed by atoms with E-state index in [1.54, 1.807) is 6.20 Å². The molecule has 0 amide bonds. The van der Waals surface area contributed by atoms with Gasteiger partial charge < -0.3 is 30.4 Å². The van der Waals surface area contributed by atoms with Crippen LogP contribution < -0.4 is 5.73 Å². The van der Waals surface area contributed by atoms with Gasteiger partial charge in [0.25, 0.3) is 0 Å². The van der Waals surface area contributed by atoms with E-state index in [4.69, 9.17) is 10.5 Å². The number of fused-ring (bicyclic) bond motifs is 1. The van der Waals surface area contributed by atoms with Crippen molar-refractivity contribution in [3.05, 3.63) is 18.9 Å². The van der Waals surface area contributed by atoms with E-state index in [1.165, 1.54) is 17.2 Å². The predicted molar refractivity (Wildman–Crippen MR) is 80.3 cm³/mol. The molecule has 11 heteroatoms. The number of aromatic nitrogens is 6. The minimum Gasteiger partial charge on any atom is -0.394 e. The van der Waals surface area contributed by atoms with Crippen LogP contribution in [0.3, 0.4) is 0 Å². The van der Waals surface area contributed by atoms with E-state index in [0.29, 0.717) is 22.4 Å². The summed E-state index contributed by atoms with van der Waals surface area (Å²) in [5.74, 6) is 0.684. The first-order chi connectivity index (χ1) is 11.6. The van der Waals surface area contributed by atoms with Gasteiger partial charge in [-0.1, -0.05) is 0 Å². The highest BCUT2D eigenvalue weighted by Crippen LogP contribution is 2.37. The van der Waals surface area contributed by atoms with Crippen LogP contribution in [-0.4, -0.2) is 70.0 Å². The molecule has 1 aliphatic heterocycles. The van der Waals surface area contributed by atoms with Crippen molar-refractivity contribution in [1.29, 1.82) is 0 Å². The molecule has 0 bridgehead atoms. The maximum Gasteiger partial charge on any atom is 0.164 e. The Morgan fingerprint density at radius 3 is 2.71 bits per heavy atom. The van der Waals surface area contributed by atoms with Crippen LogP contribution in [-0.2, 0) is 4.74 Å². The zero-order valence-electron chi connectivity index (χ0n) is 12.3. The van der Waals surface area contributed by atoms with Gasteiger partial charge in [0.1, 0.15) is 42.4 Å². The van der Waals surface area contributed by atoms with Crippen LogP contribution in [0.2, 0.25) is 0 Å². The summed E-state index contributed by atoms with van der Waals surface area (Å²) < 4.78 is 7.10. The molecule has 0 aliphatic carbocycles. The molecule has 0 spiro atoms. The van der Waals surface area contributed by atoms with Gasteiger partial charge in [0.05, 0.1) is 12.0 Å². The quantitative estimate of drug-likeness (QED) is 0.379. The second-order valence-corrected chi connectivity index (χ2v) is 5.47. The predicted octanol–water partition coefficient (Wildman–Crippen LogP) is -1.59. The largest absolute Gasteiger partial charge is 0.394 e. The number of nitrogens with one attached hydrogen (secondary N) is 1. The Kier molecular flexibility index (Phi) is 3.42. The molecule has 1 aliphatic rings. The van der Waals surface area contributed by atoms with Crippen LogP contribution in [0.15, 0.2) is 18.9 Å². The summed E-state index contributed by atoms with van der Waals surface area (Å²) >= 11 is 0. The molecular formula is C13H15N7O4. The van der Waals surface area contributed by atoms with Gasteiger partial charge in [-0.15, -0.1) is 0 Å². The number of aliphatic hydroxyl groups excluding tert-OH is 3. The average molecular weight is 333 g/mol. The second-order valence-electron chi connectivity index (χ2n) is 5.47. The van der Waals surface area contributed by atoms with Crippen LogP contribution in [0.5, 0.6) is 0 Å². The summed E-state index contributed by atoms with van der Waals surface area (Å²) in [6, 6.07) is 0. The number of H-pyrrole nitrogens is 1. The average Bonchev–Trinajstić information content (AvgIpc) is 3.28. The monoisotopic (exact) mass is 333 g/mol. The third-order valence-electron chi connectivity index (χ3n) is 4.10. The topological polar surface area (TPSA) is 168 Å². The number of aromatic amines is 1. The molecule has 0 aromatic carbocycles. The summed E-state index contributed by atoms with van der Waals surface area (Å²) in [4.78, 5) is 12.3. The van der Waals surface area contributed by atoms with Gasteiger partial charge in [-0.05, 0) is 0 Å². The van der Waals surface area contributed by atoms with Crippen LogP contribution in [0.25, 0.3) is 22.4 Å².